The number of para-hydroxylation sites is 1. The van der Waals surface area contributed by atoms with Gasteiger partial charge in [0.25, 0.3) is 0 Å². The predicted molar refractivity (Wildman–Crippen MR) is 90.0 cm³/mol. The van der Waals surface area contributed by atoms with Crippen molar-refractivity contribution in [3.8, 4) is 28.0 Å². The lowest BCUT2D eigenvalue weighted by Gasteiger charge is -2.10. The van der Waals surface area contributed by atoms with Gasteiger partial charge in [-0.3, -0.25) is 9.48 Å². The van der Waals surface area contributed by atoms with Crippen LogP contribution >= 0.6 is 0 Å². The van der Waals surface area contributed by atoms with Crippen molar-refractivity contribution in [2.75, 3.05) is 5.32 Å². The molecule has 116 valence electrons. The average Bonchev–Trinajstić information content (AvgIpc) is 2.94. The number of benzene rings is 2. The number of aromatic nitrogens is 2. The highest BCUT2D eigenvalue weighted by Crippen LogP contribution is 2.37. The minimum absolute atomic E-state index is 0.112. The van der Waals surface area contributed by atoms with Crippen LogP contribution in [-0.4, -0.2) is 20.8 Å². The van der Waals surface area contributed by atoms with Crippen molar-refractivity contribution < 1.29 is 9.90 Å². The predicted octanol–water partition coefficient (Wildman–Crippen LogP) is 3.42. The van der Waals surface area contributed by atoms with E-state index in [0.717, 1.165) is 27.9 Å². The Balaban J connectivity index is 1.99. The number of nitrogens with zero attached hydrogens (tertiary/aromatic N) is 2. The number of carbonyl (C=O) groups excluding carboxylic acids is 1. The fraction of sp³-hybridized carbons (Fsp3) is 0.111. The first-order valence-corrected chi connectivity index (χ1v) is 7.23. The maximum Gasteiger partial charge on any atom is 0.221 e. The van der Waals surface area contributed by atoms with E-state index < -0.39 is 0 Å². The molecule has 0 aliphatic carbocycles. The molecule has 0 spiro atoms. The molecule has 0 saturated heterocycles. The van der Waals surface area contributed by atoms with E-state index in [1.54, 1.807) is 10.9 Å². The quantitative estimate of drug-likeness (QED) is 0.779. The zero-order valence-corrected chi connectivity index (χ0v) is 12.9. The van der Waals surface area contributed by atoms with Crippen LogP contribution in [0.4, 0.5) is 5.69 Å². The first kappa shape index (κ1) is 14.8. The maximum atomic E-state index is 11.1. The van der Waals surface area contributed by atoms with Gasteiger partial charge in [0.05, 0.1) is 6.20 Å². The topological polar surface area (TPSA) is 67.2 Å². The molecule has 1 amide bonds. The summed E-state index contributed by atoms with van der Waals surface area (Å²) in [6.07, 6.45) is 3.58. The molecule has 5 nitrogen and oxygen atoms in total. The van der Waals surface area contributed by atoms with E-state index in [0.29, 0.717) is 0 Å². The number of amides is 1. The number of carbonyl (C=O) groups is 1. The molecule has 1 aromatic heterocycles. The van der Waals surface area contributed by atoms with E-state index in [2.05, 4.69) is 10.4 Å². The molecule has 1 heterocycles. The largest absolute Gasteiger partial charge is 0.507 e. The van der Waals surface area contributed by atoms with Gasteiger partial charge in [0.2, 0.25) is 5.91 Å². The zero-order chi connectivity index (χ0) is 16.4. The third-order valence-corrected chi connectivity index (χ3v) is 3.57. The lowest BCUT2D eigenvalue weighted by molar-refractivity contribution is -0.114. The first-order chi connectivity index (χ1) is 11.0. The fourth-order valence-electron chi connectivity index (χ4n) is 2.51. The summed E-state index contributed by atoms with van der Waals surface area (Å²) in [7, 11) is 1.84. The Hall–Kier alpha value is -3.08. The van der Waals surface area contributed by atoms with E-state index in [-0.39, 0.29) is 11.7 Å². The maximum absolute atomic E-state index is 11.1. The van der Waals surface area contributed by atoms with Gasteiger partial charge in [-0.15, -0.1) is 0 Å². The van der Waals surface area contributed by atoms with Crippen molar-refractivity contribution in [3.05, 3.63) is 54.9 Å². The third kappa shape index (κ3) is 3.08. The molecule has 0 saturated carbocycles. The molecule has 0 aliphatic rings. The zero-order valence-electron chi connectivity index (χ0n) is 12.9. The van der Waals surface area contributed by atoms with E-state index in [1.165, 1.54) is 6.92 Å². The molecule has 0 radical (unpaired) electrons. The number of hydrogen-bond donors (Lipinski definition) is 2. The Labute approximate surface area is 134 Å². The Bertz CT molecular complexity index is 851. The highest BCUT2D eigenvalue weighted by atomic mass is 16.3. The summed E-state index contributed by atoms with van der Waals surface area (Å²) in [4.78, 5) is 11.1. The average molecular weight is 307 g/mol. The van der Waals surface area contributed by atoms with E-state index in [4.69, 9.17) is 0 Å². The molecule has 0 aliphatic heterocycles. The molecular formula is C18H17N3O2. The van der Waals surface area contributed by atoms with Crippen molar-refractivity contribution in [1.29, 1.82) is 0 Å². The van der Waals surface area contributed by atoms with Crippen LogP contribution in [-0.2, 0) is 11.8 Å². The molecule has 2 aromatic carbocycles. The van der Waals surface area contributed by atoms with Crippen molar-refractivity contribution in [3.63, 3.8) is 0 Å². The number of aryl methyl sites for hydroxylation is 1. The normalized spacial score (nSPS) is 10.5. The van der Waals surface area contributed by atoms with Crippen molar-refractivity contribution in [2.45, 2.75) is 6.92 Å². The molecule has 5 heteroatoms. The van der Waals surface area contributed by atoms with Gasteiger partial charge in [-0.05, 0) is 17.7 Å². The number of rotatable bonds is 3. The van der Waals surface area contributed by atoms with Crippen LogP contribution in [0.5, 0.6) is 5.75 Å². The minimum Gasteiger partial charge on any atom is -0.507 e. The number of anilines is 1. The molecule has 23 heavy (non-hydrogen) atoms. The number of nitrogens with one attached hydrogen (secondary N) is 1. The molecule has 0 atom stereocenters. The van der Waals surface area contributed by atoms with Crippen LogP contribution in [0, 0.1) is 0 Å². The Morgan fingerprint density at radius 3 is 2.30 bits per heavy atom. The fourth-order valence-corrected chi connectivity index (χ4v) is 2.51. The standard InChI is InChI=1S/C18H17N3O2/c1-12(22)20-15-8-6-13(7-9-15)16-4-3-5-17(18(16)23)14-10-19-21(2)11-14/h3-11,23H,1-2H3,(H,20,22). The van der Waals surface area contributed by atoms with Gasteiger partial charge < -0.3 is 10.4 Å². The smallest absolute Gasteiger partial charge is 0.221 e. The monoisotopic (exact) mass is 307 g/mol. The van der Waals surface area contributed by atoms with Crippen LogP contribution in [0.1, 0.15) is 6.92 Å². The minimum atomic E-state index is -0.112. The van der Waals surface area contributed by atoms with Crippen LogP contribution < -0.4 is 5.32 Å². The van der Waals surface area contributed by atoms with Crippen LogP contribution in [0.3, 0.4) is 0 Å². The van der Waals surface area contributed by atoms with Crippen molar-refractivity contribution in [1.82, 2.24) is 9.78 Å². The van der Waals surface area contributed by atoms with E-state index in [9.17, 15) is 9.90 Å². The Morgan fingerprint density at radius 1 is 1.09 bits per heavy atom. The van der Waals surface area contributed by atoms with Gasteiger partial charge in [-0.1, -0.05) is 30.3 Å². The Morgan fingerprint density at radius 2 is 1.74 bits per heavy atom. The van der Waals surface area contributed by atoms with Gasteiger partial charge in [0.1, 0.15) is 5.75 Å². The number of aromatic hydroxyl groups is 1. The third-order valence-electron chi connectivity index (χ3n) is 3.57. The summed E-state index contributed by atoms with van der Waals surface area (Å²) in [5.74, 6) is 0.104. The molecule has 0 unspecified atom stereocenters. The van der Waals surface area contributed by atoms with Gasteiger partial charge in [0.15, 0.2) is 0 Å². The highest BCUT2D eigenvalue weighted by Gasteiger charge is 2.12. The van der Waals surface area contributed by atoms with Crippen molar-refractivity contribution >= 4 is 11.6 Å². The second kappa shape index (κ2) is 5.96. The lowest BCUT2D eigenvalue weighted by atomic mass is 9.99. The van der Waals surface area contributed by atoms with Gasteiger partial charge in [-0.25, -0.2) is 0 Å². The summed E-state index contributed by atoms with van der Waals surface area (Å²) < 4.78 is 1.70. The molecule has 3 rings (SSSR count). The van der Waals surface area contributed by atoms with Crippen LogP contribution in [0.25, 0.3) is 22.3 Å². The van der Waals surface area contributed by atoms with Crippen LogP contribution in [0.15, 0.2) is 54.9 Å². The molecule has 3 aromatic rings. The van der Waals surface area contributed by atoms with E-state index >= 15 is 0 Å². The van der Waals surface area contributed by atoms with Gasteiger partial charge in [-0.2, -0.15) is 5.10 Å². The highest BCUT2D eigenvalue weighted by molar-refractivity contribution is 5.89. The summed E-state index contributed by atoms with van der Waals surface area (Å²) in [6.45, 7) is 1.47. The molecule has 2 N–H and O–H groups in total. The SMILES string of the molecule is CC(=O)Nc1ccc(-c2cccc(-c3cnn(C)c3)c2O)cc1. The van der Waals surface area contributed by atoms with E-state index in [1.807, 2.05) is 55.7 Å². The van der Waals surface area contributed by atoms with Crippen molar-refractivity contribution in [2.24, 2.45) is 7.05 Å². The van der Waals surface area contributed by atoms with Gasteiger partial charge >= 0.3 is 0 Å². The summed E-state index contributed by atoms with van der Waals surface area (Å²) in [6, 6.07) is 13.0. The van der Waals surface area contributed by atoms with Gasteiger partial charge in [0, 0.05) is 42.5 Å². The second-order valence-corrected chi connectivity index (χ2v) is 5.36. The molecule has 0 fully saturated rings. The second-order valence-electron chi connectivity index (χ2n) is 5.36. The summed E-state index contributed by atoms with van der Waals surface area (Å²) >= 11 is 0. The van der Waals surface area contributed by atoms with Crippen LogP contribution in [0.2, 0.25) is 0 Å². The number of phenolic OH excluding ortho intramolecular Hbond substituents is 1. The number of hydrogen-bond acceptors (Lipinski definition) is 3. The Kier molecular flexibility index (Phi) is 3.85. The summed E-state index contributed by atoms with van der Waals surface area (Å²) in [5.41, 5.74) is 3.94. The lowest BCUT2D eigenvalue weighted by Crippen LogP contribution is -2.05. The first-order valence-electron chi connectivity index (χ1n) is 7.23. The molecule has 0 bridgehead atoms. The summed E-state index contributed by atoms with van der Waals surface area (Å²) in [5, 5.41) is 17.5. The number of phenols is 1. The molecular weight excluding hydrogens is 290 g/mol.